The maximum Gasteiger partial charge on any atom is 0.329 e. The van der Waals surface area contributed by atoms with Crippen LogP contribution < -0.4 is 11.3 Å². The van der Waals surface area contributed by atoms with Crippen LogP contribution >= 0.6 is 0 Å². The van der Waals surface area contributed by atoms with Crippen LogP contribution in [0, 0.1) is 0 Å². The summed E-state index contributed by atoms with van der Waals surface area (Å²) in [5.74, 6) is -1.48. The zero-order chi connectivity index (χ0) is 16.4. The summed E-state index contributed by atoms with van der Waals surface area (Å²) < 4.78 is 6.31. The number of rotatable bonds is 4. The summed E-state index contributed by atoms with van der Waals surface area (Å²) in [6, 6.07) is 0. The molecule has 0 spiro atoms. The van der Waals surface area contributed by atoms with Crippen molar-refractivity contribution in [2.75, 3.05) is 12.3 Å². The van der Waals surface area contributed by atoms with E-state index < -0.39 is 42.6 Å². The van der Waals surface area contributed by atoms with Crippen LogP contribution in [0.4, 0.5) is 5.95 Å². The number of nitrogens with zero attached hydrogens (tertiary/aromatic N) is 2. The van der Waals surface area contributed by atoms with Gasteiger partial charge in [0.1, 0.15) is 24.4 Å². The SMILES string of the molecule is Nc1nc(=O)c([C@@H]2O[C@H](CO)[C@@H](O)[C@H]2O)cn1/C=C/C(=O)O. The summed E-state index contributed by atoms with van der Waals surface area (Å²) in [5.41, 5.74) is 4.60. The first-order chi connectivity index (χ1) is 10.3. The van der Waals surface area contributed by atoms with Gasteiger partial charge in [0.25, 0.3) is 5.56 Å². The van der Waals surface area contributed by atoms with Crippen molar-refractivity contribution in [3.05, 3.63) is 28.2 Å². The van der Waals surface area contributed by atoms with Gasteiger partial charge < -0.3 is 30.9 Å². The van der Waals surface area contributed by atoms with Crippen molar-refractivity contribution in [3.8, 4) is 0 Å². The number of nitrogen functional groups attached to an aromatic ring is 1. The molecule has 22 heavy (non-hydrogen) atoms. The lowest BCUT2D eigenvalue weighted by atomic mass is 10.0. The minimum Gasteiger partial charge on any atom is -0.478 e. The monoisotopic (exact) mass is 313 g/mol. The number of aliphatic carboxylic acids is 1. The second-order valence-corrected chi connectivity index (χ2v) is 4.68. The minimum atomic E-state index is -1.44. The van der Waals surface area contributed by atoms with Crippen LogP contribution in [0.1, 0.15) is 11.7 Å². The molecule has 1 aliphatic rings. The Bertz CT molecular complexity index is 657. The van der Waals surface area contributed by atoms with Gasteiger partial charge >= 0.3 is 5.97 Å². The second-order valence-electron chi connectivity index (χ2n) is 4.68. The Kier molecular flexibility index (Phi) is 4.56. The molecule has 0 saturated carbocycles. The van der Waals surface area contributed by atoms with Gasteiger partial charge in [0.2, 0.25) is 5.95 Å². The highest BCUT2D eigenvalue weighted by atomic mass is 16.6. The molecule has 6 N–H and O–H groups in total. The van der Waals surface area contributed by atoms with Crippen LogP contribution in [-0.4, -0.2) is 60.9 Å². The number of aliphatic hydroxyl groups is 3. The molecular weight excluding hydrogens is 298 g/mol. The molecule has 1 aromatic rings. The Balaban J connectivity index is 2.41. The third kappa shape index (κ3) is 2.99. The van der Waals surface area contributed by atoms with E-state index in [0.717, 1.165) is 23.0 Å². The Labute approximate surface area is 123 Å². The van der Waals surface area contributed by atoms with Crippen molar-refractivity contribution in [3.63, 3.8) is 0 Å². The number of carboxylic acids is 1. The standard InChI is InChI=1S/C12H15N3O7/c13-12-14-11(21)5(3-15(12)2-1-7(17)18)10-9(20)8(19)6(4-16)22-10/h1-3,6,8-10,16,19-20H,4H2,(H,17,18)(H2,13,14,21)/b2-1+/t6-,8-,9-,10+/m1/s1. The fourth-order valence-electron chi connectivity index (χ4n) is 2.11. The zero-order valence-electron chi connectivity index (χ0n) is 11.2. The lowest BCUT2D eigenvalue weighted by Crippen LogP contribution is -2.33. The number of nitrogens with two attached hydrogens (primary N) is 1. The largest absolute Gasteiger partial charge is 0.478 e. The smallest absolute Gasteiger partial charge is 0.329 e. The van der Waals surface area contributed by atoms with Crippen molar-refractivity contribution in [2.45, 2.75) is 24.4 Å². The number of aliphatic hydroxyl groups excluding tert-OH is 3. The van der Waals surface area contributed by atoms with Crippen LogP contribution in [-0.2, 0) is 9.53 Å². The van der Waals surface area contributed by atoms with Crippen molar-refractivity contribution in [1.29, 1.82) is 0 Å². The topological polar surface area (TPSA) is 168 Å². The summed E-state index contributed by atoms with van der Waals surface area (Å²) >= 11 is 0. The van der Waals surface area contributed by atoms with E-state index in [0.29, 0.717) is 0 Å². The van der Waals surface area contributed by atoms with Crippen molar-refractivity contribution >= 4 is 18.1 Å². The normalized spacial score (nSPS) is 28.3. The van der Waals surface area contributed by atoms with E-state index in [1.165, 1.54) is 0 Å². The summed E-state index contributed by atoms with van der Waals surface area (Å²) in [5, 5.41) is 37.2. The Morgan fingerprint density at radius 1 is 1.45 bits per heavy atom. The number of hydrogen-bond acceptors (Lipinski definition) is 8. The number of aromatic nitrogens is 2. The fraction of sp³-hybridized carbons (Fsp3) is 0.417. The van der Waals surface area contributed by atoms with Crippen LogP contribution in [0.15, 0.2) is 17.1 Å². The summed E-state index contributed by atoms with van der Waals surface area (Å²) in [4.78, 5) is 25.9. The molecule has 2 heterocycles. The molecule has 120 valence electrons. The first-order valence-corrected chi connectivity index (χ1v) is 6.27. The van der Waals surface area contributed by atoms with Gasteiger partial charge in [0.05, 0.1) is 12.2 Å². The van der Waals surface area contributed by atoms with Crippen molar-refractivity contribution in [2.24, 2.45) is 0 Å². The highest BCUT2D eigenvalue weighted by Crippen LogP contribution is 2.31. The fourth-order valence-corrected chi connectivity index (χ4v) is 2.11. The second kappa shape index (κ2) is 6.23. The van der Waals surface area contributed by atoms with Gasteiger partial charge in [-0.05, 0) is 0 Å². The molecule has 2 rings (SSSR count). The molecule has 1 saturated heterocycles. The molecular formula is C12H15N3O7. The highest BCUT2D eigenvalue weighted by Gasteiger charge is 2.44. The molecule has 0 radical (unpaired) electrons. The zero-order valence-corrected chi connectivity index (χ0v) is 11.2. The summed E-state index contributed by atoms with van der Waals surface area (Å²) in [6.45, 7) is -0.537. The third-order valence-electron chi connectivity index (χ3n) is 3.23. The minimum absolute atomic E-state index is 0.119. The van der Waals surface area contributed by atoms with Gasteiger partial charge in [-0.3, -0.25) is 9.36 Å². The van der Waals surface area contributed by atoms with E-state index in [2.05, 4.69) is 4.98 Å². The molecule has 0 bridgehead atoms. The highest BCUT2D eigenvalue weighted by molar-refractivity contribution is 5.83. The molecule has 1 aromatic heterocycles. The van der Waals surface area contributed by atoms with Crippen LogP contribution in [0.2, 0.25) is 0 Å². The van der Waals surface area contributed by atoms with E-state index >= 15 is 0 Å². The van der Waals surface area contributed by atoms with E-state index in [4.69, 9.17) is 20.7 Å². The molecule has 10 nitrogen and oxygen atoms in total. The van der Waals surface area contributed by atoms with E-state index in [1.807, 2.05) is 0 Å². The lowest BCUT2D eigenvalue weighted by molar-refractivity contribution is -0.131. The van der Waals surface area contributed by atoms with Gasteiger partial charge in [-0.25, -0.2) is 4.79 Å². The first kappa shape index (κ1) is 16.1. The van der Waals surface area contributed by atoms with Gasteiger partial charge in [0, 0.05) is 18.5 Å². The molecule has 0 unspecified atom stereocenters. The maximum absolute atomic E-state index is 11.9. The van der Waals surface area contributed by atoms with E-state index in [-0.39, 0.29) is 11.5 Å². The Morgan fingerprint density at radius 3 is 2.68 bits per heavy atom. The Morgan fingerprint density at radius 2 is 2.14 bits per heavy atom. The quantitative estimate of drug-likeness (QED) is 0.378. The predicted molar refractivity (Wildman–Crippen MR) is 72.6 cm³/mol. The van der Waals surface area contributed by atoms with Gasteiger partial charge in [-0.15, -0.1) is 0 Å². The average molecular weight is 313 g/mol. The van der Waals surface area contributed by atoms with Crippen molar-refractivity contribution < 1.29 is 30.0 Å². The number of carboxylic acid groups (broad SMARTS) is 1. The molecule has 0 aromatic carbocycles. The Hall–Kier alpha value is -2.27. The molecule has 0 aliphatic carbocycles. The van der Waals surface area contributed by atoms with Crippen LogP contribution in [0.3, 0.4) is 0 Å². The molecule has 4 atom stereocenters. The molecule has 0 amide bonds. The third-order valence-corrected chi connectivity index (χ3v) is 3.23. The van der Waals surface area contributed by atoms with Gasteiger partial charge in [-0.1, -0.05) is 0 Å². The molecule has 1 aliphatic heterocycles. The van der Waals surface area contributed by atoms with Crippen LogP contribution in [0.5, 0.6) is 0 Å². The first-order valence-electron chi connectivity index (χ1n) is 6.27. The van der Waals surface area contributed by atoms with Gasteiger partial charge in [-0.2, -0.15) is 4.98 Å². The summed E-state index contributed by atoms with van der Waals surface area (Å²) in [6.07, 6.45) is -2.05. The maximum atomic E-state index is 11.9. The van der Waals surface area contributed by atoms with Gasteiger partial charge in [0.15, 0.2) is 0 Å². The van der Waals surface area contributed by atoms with Crippen LogP contribution in [0.25, 0.3) is 6.20 Å². The van der Waals surface area contributed by atoms with Crippen molar-refractivity contribution in [1.82, 2.24) is 9.55 Å². The number of ether oxygens (including phenoxy) is 1. The number of hydrogen-bond donors (Lipinski definition) is 5. The average Bonchev–Trinajstić information content (AvgIpc) is 2.74. The molecule has 1 fully saturated rings. The number of anilines is 1. The summed E-state index contributed by atoms with van der Waals surface area (Å²) in [7, 11) is 0. The lowest BCUT2D eigenvalue weighted by Gasteiger charge is -2.15. The molecule has 10 heteroatoms. The predicted octanol–water partition coefficient (Wildman–Crippen LogP) is -2.47. The van der Waals surface area contributed by atoms with E-state index in [9.17, 15) is 19.8 Å². The number of carbonyl (C=O) groups is 1. The van der Waals surface area contributed by atoms with E-state index in [1.54, 1.807) is 0 Å².